The molecule has 2 rings (SSSR count). The highest BCUT2D eigenvalue weighted by molar-refractivity contribution is 5.31. The number of hydrogen-bond acceptors (Lipinski definition) is 3. The standard InChI is InChI=1S/C16H23N3/c1-12-11-19(3)13(2)8-16(12)18-10-15-6-4-14(9-17)5-7-15/h4-7,12-13,16,18H,8,10-11H2,1-3H3. The van der Waals surface area contributed by atoms with Crippen LogP contribution in [0.4, 0.5) is 0 Å². The molecule has 102 valence electrons. The molecule has 1 fully saturated rings. The van der Waals surface area contributed by atoms with Crippen LogP contribution in [0.25, 0.3) is 0 Å². The first-order valence-electron chi connectivity index (χ1n) is 7.03. The first kappa shape index (κ1) is 14.0. The van der Waals surface area contributed by atoms with Crippen molar-refractivity contribution in [3.05, 3.63) is 35.4 Å². The number of benzene rings is 1. The second kappa shape index (κ2) is 6.18. The number of hydrogen-bond donors (Lipinski definition) is 1. The molecule has 1 heterocycles. The maximum absolute atomic E-state index is 8.78. The molecule has 0 aromatic heterocycles. The molecule has 3 unspecified atom stereocenters. The van der Waals surface area contributed by atoms with Crippen molar-refractivity contribution in [1.82, 2.24) is 10.2 Å². The summed E-state index contributed by atoms with van der Waals surface area (Å²) in [5, 5.41) is 12.4. The summed E-state index contributed by atoms with van der Waals surface area (Å²) in [5.41, 5.74) is 1.97. The highest BCUT2D eigenvalue weighted by Crippen LogP contribution is 2.21. The molecule has 1 aromatic carbocycles. The van der Waals surface area contributed by atoms with Gasteiger partial charge in [0.1, 0.15) is 0 Å². The van der Waals surface area contributed by atoms with Gasteiger partial charge in [0.2, 0.25) is 0 Å². The molecule has 3 atom stereocenters. The molecule has 1 N–H and O–H groups in total. The van der Waals surface area contributed by atoms with Gasteiger partial charge in [0.05, 0.1) is 11.6 Å². The maximum atomic E-state index is 8.78. The van der Waals surface area contributed by atoms with Gasteiger partial charge in [0, 0.05) is 25.2 Å². The largest absolute Gasteiger partial charge is 0.310 e. The third kappa shape index (κ3) is 3.56. The van der Waals surface area contributed by atoms with E-state index in [0.29, 0.717) is 18.0 Å². The van der Waals surface area contributed by atoms with Gasteiger partial charge in [0.25, 0.3) is 0 Å². The van der Waals surface area contributed by atoms with Crippen molar-refractivity contribution in [1.29, 1.82) is 5.26 Å². The van der Waals surface area contributed by atoms with Gasteiger partial charge in [-0.15, -0.1) is 0 Å². The Morgan fingerprint density at radius 1 is 1.32 bits per heavy atom. The number of nitrogens with zero attached hydrogens (tertiary/aromatic N) is 2. The minimum absolute atomic E-state index is 0.585. The van der Waals surface area contributed by atoms with Crippen molar-refractivity contribution in [2.45, 2.75) is 38.9 Å². The Balaban J connectivity index is 1.89. The Hall–Kier alpha value is -1.37. The van der Waals surface area contributed by atoms with Gasteiger partial charge in [0.15, 0.2) is 0 Å². The Morgan fingerprint density at radius 2 is 2.00 bits per heavy atom. The lowest BCUT2D eigenvalue weighted by Gasteiger charge is -2.40. The molecule has 1 aromatic rings. The fourth-order valence-corrected chi connectivity index (χ4v) is 2.77. The van der Waals surface area contributed by atoms with E-state index in [1.807, 2.05) is 24.3 Å². The minimum Gasteiger partial charge on any atom is -0.310 e. The smallest absolute Gasteiger partial charge is 0.0991 e. The Bertz CT molecular complexity index is 446. The molecule has 1 aliphatic heterocycles. The summed E-state index contributed by atoms with van der Waals surface area (Å²) in [6.07, 6.45) is 1.20. The Labute approximate surface area is 116 Å². The Kier molecular flexibility index (Phi) is 4.57. The summed E-state index contributed by atoms with van der Waals surface area (Å²) in [5.74, 6) is 0.680. The van der Waals surface area contributed by atoms with Crippen LogP contribution in [-0.4, -0.2) is 30.6 Å². The van der Waals surface area contributed by atoms with Gasteiger partial charge in [-0.25, -0.2) is 0 Å². The van der Waals surface area contributed by atoms with Crippen LogP contribution in [0, 0.1) is 17.2 Å². The van der Waals surface area contributed by atoms with Crippen molar-refractivity contribution >= 4 is 0 Å². The van der Waals surface area contributed by atoms with Crippen LogP contribution in [0.3, 0.4) is 0 Å². The van der Waals surface area contributed by atoms with E-state index in [1.54, 1.807) is 0 Å². The highest BCUT2D eigenvalue weighted by Gasteiger charge is 2.28. The minimum atomic E-state index is 0.585. The van der Waals surface area contributed by atoms with Crippen molar-refractivity contribution in [3.63, 3.8) is 0 Å². The van der Waals surface area contributed by atoms with E-state index in [4.69, 9.17) is 5.26 Å². The van der Waals surface area contributed by atoms with Gasteiger partial charge < -0.3 is 10.2 Å². The van der Waals surface area contributed by atoms with Gasteiger partial charge in [-0.2, -0.15) is 5.26 Å². The second-order valence-electron chi connectivity index (χ2n) is 5.80. The average Bonchev–Trinajstić information content (AvgIpc) is 2.42. The van der Waals surface area contributed by atoms with Gasteiger partial charge in [-0.05, 0) is 44.0 Å². The second-order valence-corrected chi connectivity index (χ2v) is 5.80. The molecular weight excluding hydrogens is 234 g/mol. The lowest BCUT2D eigenvalue weighted by atomic mass is 9.89. The van der Waals surface area contributed by atoms with E-state index in [2.05, 4.69) is 37.2 Å². The van der Waals surface area contributed by atoms with E-state index in [0.717, 1.165) is 18.7 Å². The zero-order chi connectivity index (χ0) is 13.8. The first-order valence-corrected chi connectivity index (χ1v) is 7.03. The SMILES string of the molecule is CC1CN(C)C(C)CC1NCc1ccc(C#N)cc1. The molecule has 0 saturated carbocycles. The van der Waals surface area contributed by atoms with Crippen LogP contribution >= 0.6 is 0 Å². The van der Waals surface area contributed by atoms with Crippen molar-refractivity contribution in [2.24, 2.45) is 5.92 Å². The molecule has 0 spiro atoms. The molecule has 0 bridgehead atoms. The van der Waals surface area contributed by atoms with E-state index < -0.39 is 0 Å². The fourth-order valence-electron chi connectivity index (χ4n) is 2.77. The molecule has 0 amide bonds. The zero-order valence-corrected chi connectivity index (χ0v) is 12.1. The van der Waals surface area contributed by atoms with Crippen LogP contribution in [0.15, 0.2) is 24.3 Å². The van der Waals surface area contributed by atoms with E-state index in [9.17, 15) is 0 Å². The molecule has 1 aliphatic rings. The predicted molar refractivity (Wildman–Crippen MR) is 77.7 cm³/mol. The maximum Gasteiger partial charge on any atom is 0.0991 e. The van der Waals surface area contributed by atoms with E-state index in [-0.39, 0.29) is 0 Å². The molecule has 0 aliphatic carbocycles. The van der Waals surface area contributed by atoms with Crippen LogP contribution in [0.5, 0.6) is 0 Å². The lowest BCUT2D eigenvalue weighted by molar-refractivity contribution is 0.121. The first-order chi connectivity index (χ1) is 9.10. The van der Waals surface area contributed by atoms with Crippen LogP contribution in [-0.2, 0) is 6.54 Å². The van der Waals surface area contributed by atoms with Gasteiger partial charge in [-0.3, -0.25) is 0 Å². The van der Waals surface area contributed by atoms with Crippen molar-refractivity contribution in [2.75, 3.05) is 13.6 Å². The van der Waals surface area contributed by atoms with E-state index in [1.165, 1.54) is 12.0 Å². The lowest BCUT2D eigenvalue weighted by Crippen LogP contribution is -2.50. The zero-order valence-electron chi connectivity index (χ0n) is 12.1. The van der Waals surface area contributed by atoms with Gasteiger partial charge in [-0.1, -0.05) is 19.1 Å². The molecule has 19 heavy (non-hydrogen) atoms. The summed E-state index contributed by atoms with van der Waals surface area (Å²) >= 11 is 0. The molecule has 1 saturated heterocycles. The van der Waals surface area contributed by atoms with Gasteiger partial charge >= 0.3 is 0 Å². The molecule has 3 nitrogen and oxygen atoms in total. The number of rotatable bonds is 3. The number of nitriles is 1. The molecule has 0 radical (unpaired) electrons. The monoisotopic (exact) mass is 257 g/mol. The van der Waals surface area contributed by atoms with Crippen molar-refractivity contribution in [3.8, 4) is 6.07 Å². The number of nitrogens with one attached hydrogen (secondary N) is 1. The normalized spacial score (nSPS) is 28.0. The van der Waals surface area contributed by atoms with Crippen LogP contribution < -0.4 is 5.32 Å². The topological polar surface area (TPSA) is 39.1 Å². The third-order valence-electron chi connectivity index (χ3n) is 4.26. The quantitative estimate of drug-likeness (QED) is 0.903. The fraction of sp³-hybridized carbons (Fsp3) is 0.562. The summed E-state index contributed by atoms with van der Waals surface area (Å²) in [7, 11) is 2.21. The molecular formula is C16H23N3. The van der Waals surface area contributed by atoms with E-state index >= 15 is 0 Å². The summed E-state index contributed by atoms with van der Waals surface area (Å²) in [4.78, 5) is 2.44. The number of piperidine rings is 1. The predicted octanol–water partition coefficient (Wildman–Crippen LogP) is 2.38. The third-order valence-corrected chi connectivity index (χ3v) is 4.26. The summed E-state index contributed by atoms with van der Waals surface area (Å²) in [6, 6.07) is 11.2. The molecule has 3 heteroatoms. The highest BCUT2D eigenvalue weighted by atomic mass is 15.2. The van der Waals surface area contributed by atoms with Crippen LogP contribution in [0.1, 0.15) is 31.4 Å². The average molecular weight is 257 g/mol. The summed E-state index contributed by atoms with van der Waals surface area (Å²) < 4.78 is 0. The number of likely N-dealkylation sites (tertiary alicyclic amines) is 1. The van der Waals surface area contributed by atoms with Crippen LogP contribution in [0.2, 0.25) is 0 Å². The summed E-state index contributed by atoms with van der Waals surface area (Å²) in [6.45, 7) is 6.66. The van der Waals surface area contributed by atoms with Crippen molar-refractivity contribution < 1.29 is 0 Å². The Morgan fingerprint density at radius 3 is 2.63 bits per heavy atom.